The fourth-order valence-electron chi connectivity index (χ4n) is 4.27. The summed E-state index contributed by atoms with van der Waals surface area (Å²) < 4.78 is 6.14. The van der Waals surface area contributed by atoms with Crippen LogP contribution in [0.4, 0.5) is 5.69 Å². The summed E-state index contributed by atoms with van der Waals surface area (Å²) >= 11 is 0. The van der Waals surface area contributed by atoms with Crippen LogP contribution < -0.4 is 15.4 Å². The molecular formula is C29H23N3O. The van der Waals surface area contributed by atoms with Crippen molar-refractivity contribution in [2.24, 2.45) is 4.99 Å². The number of aliphatic imine (C=N–C) groups is 1. The first-order valence-electron chi connectivity index (χ1n) is 11.1. The molecule has 4 aromatic carbocycles. The Morgan fingerprint density at radius 3 is 2.12 bits per heavy atom. The van der Waals surface area contributed by atoms with Crippen LogP contribution in [0.15, 0.2) is 120 Å². The number of ether oxygens (including phenoxy) is 1. The summed E-state index contributed by atoms with van der Waals surface area (Å²) in [7, 11) is 0. The Hall–Kier alpha value is -4.31. The van der Waals surface area contributed by atoms with Crippen LogP contribution in [0.25, 0.3) is 5.70 Å². The van der Waals surface area contributed by atoms with Crippen molar-refractivity contribution in [3.05, 3.63) is 138 Å². The van der Waals surface area contributed by atoms with Gasteiger partial charge in [0.15, 0.2) is 6.23 Å². The quantitative estimate of drug-likeness (QED) is 0.399. The molecule has 0 radical (unpaired) electrons. The zero-order valence-electron chi connectivity index (χ0n) is 18.0. The SMILES string of the molecule is C1=C(c2ccccc2)NC(c2cccc(C3Nc4ccccc4O3)c2)N=C1c1ccccc1. The van der Waals surface area contributed by atoms with Crippen molar-refractivity contribution < 1.29 is 4.74 Å². The van der Waals surface area contributed by atoms with Crippen molar-refractivity contribution in [2.75, 3.05) is 5.32 Å². The molecule has 0 saturated heterocycles. The van der Waals surface area contributed by atoms with Crippen molar-refractivity contribution in [3.8, 4) is 5.75 Å². The monoisotopic (exact) mass is 429 g/mol. The zero-order valence-corrected chi connectivity index (χ0v) is 18.0. The van der Waals surface area contributed by atoms with Gasteiger partial charge in [0, 0.05) is 11.3 Å². The number of hydrogen-bond acceptors (Lipinski definition) is 4. The average Bonchev–Trinajstić information content (AvgIpc) is 3.34. The summed E-state index contributed by atoms with van der Waals surface area (Å²) in [5, 5.41) is 7.09. The number of anilines is 1. The van der Waals surface area contributed by atoms with Crippen LogP contribution in [-0.2, 0) is 0 Å². The van der Waals surface area contributed by atoms with E-state index in [1.807, 2.05) is 48.5 Å². The molecule has 4 heteroatoms. The highest BCUT2D eigenvalue weighted by Crippen LogP contribution is 2.38. The first kappa shape index (κ1) is 19.4. The molecule has 0 amide bonds. The molecule has 2 N–H and O–H groups in total. The lowest BCUT2D eigenvalue weighted by Crippen LogP contribution is -2.25. The third-order valence-corrected chi connectivity index (χ3v) is 5.94. The molecule has 2 aliphatic heterocycles. The molecule has 2 aliphatic rings. The lowest BCUT2D eigenvalue weighted by atomic mass is 10.0. The van der Waals surface area contributed by atoms with E-state index in [0.29, 0.717) is 0 Å². The van der Waals surface area contributed by atoms with E-state index < -0.39 is 0 Å². The Balaban J connectivity index is 1.35. The van der Waals surface area contributed by atoms with Crippen LogP contribution in [0.1, 0.15) is 34.6 Å². The molecule has 0 aromatic heterocycles. The van der Waals surface area contributed by atoms with E-state index in [-0.39, 0.29) is 12.4 Å². The van der Waals surface area contributed by atoms with Gasteiger partial charge >= 0.3 is 0 Å². The third-order valence-electron chi connectivity index (χ3n) is 5.94. The average molecular weight is 430 g/mol. The molecule has 2 atom stereocenters. The smallest absolute Gasteiger partial charge is 0.196 e. The van der Waals surface area contributed by atoms with Crippen LogP contribution in [-0.4, -0.2) is 5.71 Å². The molecule has 6 rings (SSSR count). The molecule has 0 spiro atoms. The third kappa shape index (κ3) is 3.87. The second-order valence-corrected chi connectivity index (χ2v) is 8.16. The largest absolute Gasteiger partial charge is 0.464 e. The van der Waals surface area contributed by atoms with E-state index in [1.165, 1.54) is 0 Å². The molecule has 4 nitrogen and oxygen atoms in total. The van der Waals surface area contributed by atoms with Gasteiger partial charge in [0.25, 0.3) is 0 Å². The molecular weight excluding hydrogens is 406 g/mol. The number of fused-ring (bicyclic) bond motifs is 1. The van der Waals surface area contributed by atoms with Crippen LogP contribution in [0.5, 0.6) is 5.75 Å². The van der Waals surface area contributed by atoms with Crippen molar-refractivity contribution in [1.82, 2.24) is 5.32 Å². The topological polar surface area (TPSA) is 45.6 Å². The normalized spacial score (nSPS) is 18.8. The van der Waals surface area contributed by atoms with Gasteiger partial charge in [-0.15, -0.1) is 0 Å². The van der Waals surface area contributed by atoms with E-state index in [2.05, 4.69) is 77.4 Å². The standard InChI is InChI=1S/C29H23N3O/c1-3-10-20(11-4-1)25-19-26(21-12-5-2-6-13-21)31-28(30-25)22-14-9-15-23(18-22)29-32-24-16-7-8-17-27(24)33-29/h1-19,28-30,32H. The van der Waals surface area contributed by atoms with Gasteiger partial charge in [-0.1, -0.05) is 91.0 Å². The van der Waals surface area contributed by atoms with Gasteiger partial charge in [-0.2, -0.15) is 0 Å². The maximum atomic E-state index is 6.14. The van der Waals surface area contributed by atoms with Gasteiger partial charge in [0.05, 0.1) is 11.4 Å². The summed E-state index contributed by atoms with van der Waals surface area (Å²) in [6.07, 6.45) is 1.71. The molecule has 0 fully saturated rings. The van der Waals surface area contributed by atoms with E-state index >= 15 is 0 Å². The Morgan fingerprint density at radius 2 is 1.33 bits per heavy atom. The molecule has 2 heterocycles. The van der Waals surface area contributed by atoms with Gasteiger partial charge in [-0.05, 0) is 41.0 Å². The minimum Gasteiger partial charge on any atom is -0.464 e. The van der Waals surface area contributed by atoms with E-state index in [0.717, 1.165) is 45.1 Å². The van der Waals surface area contributed by atoms with Crippen LogP contribution >= 0.6 is 0 Å². The predicted molar refractivity (Wildman–Crippen MR) is 133 cm³/mol. The predicted octanol–water partition coefficient (Wildman–Crippen LogP) is 6.32. The highest BCUT2D eigenvalue weighted by atomic mass is 16.5. The van der Waals surface area contributed by atoms with Crippen molar-refractivity contribution in [2.45, 2.75) is 12.4 Å². The maximum Gasteiger partial charge on any atom is 0.196 e. The summed E-state index contributed by atoms with van der Waals surface area (Å²) in [6.45, 7) is 0. The van der Waals surface area contributed by atoms with Gasteiger partial charge in [-0.3, -0.25) is 4.99 Å². The van der Waals surface area contributed by atoms with E-state index in [9.17, 15) is 0 Å². The second kappa shape index (κ2) is 8.32. The van der Waals surface area contributed by atoms with Crippen molar-refractivity contribution >= 4 is 17.1 Å². The summed E-state index contributed by atoms with van der Waals surface area (Å²) in [5.41, 5.74) is 7.43. The van der Waals surface area contributed by atoms with Gasteiger partial charge in [0.2, 0.25) is 0 Å². The number of benzene rings is 4. The lowest BCUT2D eigenvalue weighted by molar-refractivity contribution is 0.259. The number of allylic oxidation sites excluding steroid dienone is 1. The summed E-state index contributed by atoms with van der Waals surface area (Å²) in [5.74, 6) is 0.877. The fourth-order valence-corrected chi connectivity index (χ4v) is 4.27. The molecule has 0 aliphatic carbocycles. The minimum absolute atomic E-state index is 0.204. The second-order valence-electron chi connectivity index (χ2n) is 8.16. The number of hydrogen-bond donors (Lipinski definition) is 2. The molecule has 0 bridgehead atoms. The van der Waals surface area contributed by atoms with Crippen LogP contribution in [0.3, 0.4) is 0 Å². The van der Waals surface area contributed by atoms with Crippen LogP contribution in [0.2, 0.25) is 0 Å². The van der Waals surface area contributed by atoms with Crippen LogP contribution in [0, 0.1) is 0 Å². The highest BCUT2D eigenvalue weighted by molar-refractivity contribution is 6.13. The highest BCUT2D eigenvalue weighted by Gasteiger charge is 2.25. The fraction of sp³-hybridized carbons (Fsp3) is 0.0690. The Labute approximate surface area is 193 Å². The first-order valence-corrected chi connectivity index (χ1v) is 11.1. The lowest BCUT2D eigenvalue weighted by Gasteiger charge is -2.25. The molecule has 4 aromatic rings. The Kier molecular flexibility index (Phi) is 4.89. The molecule has 2 unspecified atom stereocenters. The van der Waals surface area contributed by atoms with Gasteiger partial charge in [0.1, 0.15) is 11.9 Å². The summed E-state index contributed by atoms with van der Waals surface area (Å²) in [4.78, 5) is 5.07. The summed E-state index contributed by atoms with van der Waals surface area (Å²) in [6, 6.07) is 37.2. The molecule has 160 valence electrons. The number of nitrogens with zero attached hydrogens (tertiary/aromatic N) is 1. The van der Waals surface area contributed by atoms with Gasteiger partial charge < -0.3 is 15.4 Å². The maximum absolute atomic E-state index is 6.14. The Bertz CT molecular complexity index is 1320. The Morgan fingerprint density at radius 1 is 0.636 bits per heavy atom. The minimum atomic E-state index is -0.215. The van der Waals surface area contributed by atoms with E-state index in [1.54, 1.807) is 0 Å². The number of para-hydroxylation sites is 2. The first-order chi connectivity index (χ1) is 16.3. The van der Waals surface area contributed by atoms with Crippen molar-refractivity contribution in [3.63, 3.8) is 0 Å². The molecule has 0 saturated carbocycles. The molecule has 33 heavy (non-hydrogen) atoms. The van der Waals surface area contributed by atoms with Crippen molar-refractivity contribution in [1.29, 1.82) is 0 Å². The number of rotatable bonds is 4. The van der Waals surface area contributed by atoms with Gasteiger partial charge in [-0.25, -0.2) is 0 Å². The zero-order chi connectivity index (χ0) is 22.0. The number of nitrogens with one attached hydrogen (secondary N) is 2. The van der Waals surface area contributed by atoms with E-state index in [4.69, 9.17) is 9.73 Å².